The predicted molar refractivity (Wildman–Crippen MR) is 89.1 cm³/mol. The van der Waals surface area contributed by atoms with Crippen LogP contribution in [-0.2, 0) is 6.54 Å². The maximum absolute atomic E-state index is 4.68. The summed E-state index contributed by atoms with van der Waals surface area (Å²) in [5.74, 6) is 2.58. The Labute approximate surface area is 131 Å². The highest BCUT2D eigenvalue weighted by Gasteiger charge is 2.28. The molecule has 1 aromatic heterocycles. The summed E-state index contributed by atoms with van der Waals surface area (Å²) in [6.07, 6.45) is 3.17. The van der Waals surface area contributed by atoms with Crippen molar-refractivity contribution in [2.45, 2.75) is 46.7 Å². The van der Waals surface area contributed by atoms with E-state index in [1.807, 2.05) is 6.20 Å². The molecule has 1 saturated heterocycles. The average Bonchev–Trinajstić information content (AvgIpc) is 2.68. The smallest absolute Gasteiger partial charge is 0.133 e. The maximum Gasteiger partial charge on any atom is 0.133 e. The van der Waals surface area contributed by atoms with E-state index >= 15 is 0 Å². The molecule has 4 heteroatoms. The number of hydrogen-bond donors (Lipinski definition) is 1. The minimum Gasteiger partial charge on any atom is -0.353 e. The molecule has 0 radical (unpaired) electrons. The molecule has 0 aliphatic carbocycles. The minimum absolute atomic E-state index is 0.586. The lowest BCUT2D eigenvalue weighted by molar-refractivity contribution is 0.551. The topological polar surface area (TPSA) is 28.2 Å². The lowest BCUT2D eigenvalue weighted by Crippen LogP contribution is -2.30. The number of rotatable bonds is 5. The van der Waals surface area contributed by atoms with E-state index in [1.54, 1.807) is 0 Å². The van der Waals surface area contributed by atoms with Gasteiger partial charge in [0.05, 0.1) is 0 Å². The fourth-order valence-corrected chi connectivity index (χ4v) is 3.33. The van der Waals surface area contributed by atoms with Crippen molar-refractivity contribution in [2.75, 3.05) is 18.0 Å². The van der Waals surface area contributed by atoms with Crippen LogP contribution >= 0.6 is 15.9 Å². The molecule has 1 aliphatic rings. The van der Waals surface area contributed by atoms with Crippen LogP contribution in [-0.4, -0.2) is 24.1 Å². The maximum atomic E-state index is 4.68. The molecular weight excluding hydrogens is 314 g/mol. The number of hydrogen-bond acceptors (Lipinski definition) is 3. The molecule has 0 saturated carbocycles. The van der Waals surface area contributed by atoms with Crippen molar-refractivity contribution in [1.82, 2.24) is 10.3 Å². The first-order valence-electron chi connectivity index (χ1n) is 7.59. The van der Waals surface area contributed by atoms with Crippen LogP contribution in [0.15, 0.2) is 16.7 Å². The second-order valence-corrected chi connectivity index (χ2v) is 7.42. The Bertz CT molecular complexity index is 447. The summed E-state index contributed by atoms with van der Waals surface area (Å²) >= 11 is 3.54. The summed E-state index contributed by atoms with van der Waals surface area (Å²) in [5, 5.41) is 3.53. The van der Waals surface area contributed by atoms with Crippen LogP contribution in [0.25, 0.3) is 0 Å². The van der Waals surface area contributed by atoms with Gasteiger partial charge in [-0.05, 0) is 53.7 Å². The molecule has 2 rings (SSSR count). The second kappa shape index (κ2) is 6.90. The Hall–Kier alpha value is -0.610. The van der Waals surface area contributed by atoms with Gasteiger partial charge in [-0.25, -0.2) is 4.98 Å². The van der Waals surface area contributed by atoms with Gasteiger partial charge in [0, 0.05) is 35.4 Å². The minimum atomic E-state index is 0.586. The Kier molecular flexibility index (Phi) is 5.44. The van der Waals surface area contributed by atoms with Gasteiger partial charge in [0.15, 0.2) is 0 Å². The van der Waals surface area contributed by atoms with E-state index in [4.69, 9.17) is 0 Å². The summed E-state index contributed by atoms with van der Waals surface area (Å²) in [4.78, 5) is 7.14. The Balaban J connectivity index is 2.15. The van der Waals surface area contributed by atoms with Gasteiger partial charge in [0.25, 0.3) is 0 Å². The van der Waals surface area contributed by atoms with Crippen molar-refractivity contribution in [3.05, 3.63) is 22.3 Å². The van der Waals surface area contributed by atoms with E-state index in [0.717, 1.165) is 35.8 Å². The SMILES string of the molecule is CC(C)CNCc1cc(Br)cnc1N1CC(C)CC1C. The Morgan fingerprint density at radius 1 is 1.45 bits per heavy atom. The molecule has 0 amide bonds. The quantitative estimate of drug-likeness (QED) is 0.883. The van der Waals surface area contributed by atoms with Gasteiger partial charge < -0.3 is 10.2 Å². The summed E-state index contributed by atoms with van der Waals surface area (Å²) in [5.41, 5.74) is 1.29. The Morgan fingerprint density at radius 2 is 2.20 bits per heavy atom. The van der Waals surface area contributed by atoms with Crippen molar-refractivity contribution in [3.63, 3.8) is 0 Å². The summed E-state index contributed by atoms with van der Waals surface area (Å²) in [6, 6.07) is 2.79. The molecule has 1 fully saturated rings. The fraction of sp³-hybridized carbons (Fsp3) is 0.688. The fourth-order valence-electron chi connectivity index (χ4n) is 2.95. The number of halogens is 1. The van der Waals surface area contributed by atoms with E-state index in [1.165, 1.54) is 12.0 Å². The summed E-state index contributed by atoms with van der Waals surface area (Å²) in [6.45, 7) is 12.1. The molecule has 2 heterocycles. The van der Waals surface area contributed by atoms with Gasteiger partial charge in [-0.2, -0.15) is 0 Å². The number of aromatic nitrogens is 1. The highest BCUT2D eigenvalue weighted by atomic mass is 79.9. The zero-order valence-corrected chi connectivity index (χ0v) is 14.6. The van der Waals surface area contributed by atoms with E-state index in [9.17, 15) is 0 Å². The van der Waals surface area contributed by atoms with Crippen LogP contribution in [0, 0.1) is 11.8 Å². The van der Waals surface area contributed by atoms with Gasteiger partial charge in [0.2, 0.25) is 0 Å². The Morgan fingerprint density at radius 3 is 2.80 bits per heavy atom. The molecule has 2 atom stereocenters. The molecule has 112 valence electrons. The van der Waals surface area contributed by atoms with Crippen molar-refractivity contribution in [3.8, 4) is 0 Å². The highest BCUT2D eigenvalue weighted by Crippen LogP contribution is 2.30. The molecule has 1 N–H and O–H groups in total. The number of pyridine rings is 1. The summed E-state index contributed by atoms with van der Waals surface area (Å²) in [7, 11) is 0. The molecule has 0 bridgehead atoms. The number of anilines is 1. The predicted octanol–water partition coefficient (Wildman–Crippen LogP) is 3.82. The molecule has 0 aromatic carbocycles. The third-order valence-electron chi connectivity index (χ3n) is 3.83. The standard InChI is InChI=1S/C16H26BrN3/c1-11(2)7-18-8-14-6-15(17)9-19-16(14)20-10-12(3)5-13(20)4/h6,9,11-13,18H,5,7-8,10H2,1-4H3. The first kappa shape index (κ1) is 15.8. The van der Waals surface area contributed by atoms with Gasteiger partial charge in [-0.15, -0.1) is 0 Å². The first-order chi connectivity index (χ1) is 9.47. The zero-order valence-electron chi connectivity index (χ0n) is 13.0. The van der Waals surface area contributed by atoms with Crippen LogP contribution in [0.4, 0.5) is 5.82 Å². The highest BCUT2D eigenvalue weighted by molar-refractivity contribution is 9.10. The van der Waals surface area contributed by atoms with Gasteiger partial charge in [0.1, 0.15) is 5.82 Å². The van der Waals surface area contributed by atoms with E-state index in [2.05, 4.69) is 64.9 Å². The molecule has 20 heavy (non-hydrogen) atoms. The van der Waals surface area contributed by atoms with E-state index in [-0.39, 0.29) is 0 Å². The molecule has 2 unspecified atom stereocenters. The monoisotopic (exact) mass is 339 g/mol. The normalized spacial score (nSPS) is 22.8. The van der Waals surface area contributed by atoms with Crippen LogP contribution in [0.3, 0.4) is 0 Å². The molecule has 1 aromatic rings. The largest absolute Gasteiger partial charge is 0.353 e. The second-order valence-electron chi connectivity index (χ2n) is 6.50. The van der Waals surface area contributed by atoms with Crippen LogP contribution in [0.5, 0.6) is 0 Å². The summed E-state index contributed by atoms with van der Waals surface area (Å²) < 4.78 is 1.06. The van der Waals surface area contributed by atoms with Crippen molar-refractivity contribution in [2.24, 2.45) is 11.8 Å². The lowest BCUT2D eigenvalue weighted by atomic mass is 10.1. The molecule has 0 spiro atoms. The average molecular weight is 340 g/mol. The van der Waals surface area contributed by atoms with Crippen molar-refractivity contribution < 1.29 is 0 Å². The number of nitrogens with zero attached hydrogens (tertiary/aromatic N) is 2. The molecule has 3 nitrogen and oxygen atoms in total. The first-order valence-corrected chi connectivity index (χ1v) is 8.38. The van der Waals surface area contributed by atoms with Crippen LogP contribution in [0.1, 0.15) is 39.7 Å². The van der Waals surface area contributed by atoms with Crippen LogP contribution in [0.2, 0.25) is 0 Å². The molecule has 1 aliphatic heterocycles. The van der Waals surface area contributed by atoms with E-state index < -0.39 is 0 Å². The van der Waals surface area contributed by atoms with Gasteiger partial charge in [-0.3, -0.25) is 0 Å². The van der Waals surface area contributed by atoms with Crippen LogP contribution < -0.4 is 10.2 Å². The number of nitrogens with one attached hydrogen (secondary N) is 1. The van der Waals surface area contributed by atoms with Crippen molar-refractivity contribution in [1.29, 1.82) is 0 Å². The van der Waals surface area contributed by atoms with Gasteiger partial charge >= 0.3 is 0 Å². The third-order valence-corrected chi connectivity index (χ3v) is 4.27. The van der Waals surface area contributed by atoms with Gasteiger partial charge in [-0.1, -0.05) is 20.8 Å². The third kappa shape index (κ3) is 3.95. The lowest BCUT2D eigenvalue weighted by Gasteiger charge is -2.25. The van der Waals surface area contributed by atoms with Crippen molar-refractivity contribution >= 4 is 21.7 Å². The zero-order chi connectivity index (χ0) is 14.7. The molecular formula is C16H26BrN3. The van der Waals surface area contributed by atoms with E-state index in [0.29, 0.717) is 12.0 Å².